The minimum Gasteiger partial charge on any atom is -0.493 e. The number of methoxy groups -OCH3 is 1. The Kier molecular flexibility index (Phi) is 6.22. The number of carbonyl (C=O) groups excluding carboxylic acids is 1. The highest BCUT2D eigenvalue weighted by Crippen LogP contribution is 2.31. The molecule has 0 saturated heterocycles. The van der Waals surface area contributed by atoms with Crippen LogP contribution in [0.2, 0.25) is 0 Å². The van der Waals surface area contributed by atoms with Crippen molar-refractivity contribution in [2.24, 2.45) is 0 Å². The van der Waals surface area contributed by atoms with E-state index in [4.69, 9.17) is 24.2 Å². The van der Waals surface area contributed by atoms with Crippen LogP contribution in [-0.4, -0.2) is 50.3 Å². The summed E-state index contributed by atoms with van der Waals surface area (Å²) in [6.45, 7) is 3.06. The van der Waals surface area contributed by atoms with Crippen LogP contribution in [0.15, 0.2) is 42.5 Å². The number of carbonyl (C=O) groups is 1. The Morgan fingerprint density at radius 3 is 2.75 bits per heavy atom. The van der Waals surface area contributed by atoms with Crippen LogP contribution in [0.5, 0.6) is 23.0 Å². The fourth-order valence-electron chi connectivity index (χ4n) is 2.89. The topological polar surface area (TPSA) is 81.0 Å². The highest BCUT2D eigenvalue weighted by Gasteiger charge is 2.25. The van der Waals surface area contributed by atoms with E-state index in [0.29, 0.717) is 48.3 Å². The molecule has 0 bridgehead atoms. The van der Waals surface area contributed by atoms with Gasteiger partial charge >= 0.3 is 0 Å². The van der Waals surface area contributed by atoms with Gasteiger partial charge in [0.15, 0.2) is 35.7 Å². The van der Waals surface area contributed by atoms with Gasteiger partial charge in [-0.1, -0.05) is 12.1 Å². The van der Waals surface area contributed by atoms with Gasteiger partial charge in [0.05, 0.1) is 25.3 Å². The lowest BCUT2D eigenvalue weighted by Crippen LogP contribution is -2.45. The Morgan fingerprint density at radius 2 is 2.04 bits per heavy atom. The quantitative estimate of drug-likeness (QED) is 0.732. The third kappa shape index (κ3) is 4.46. The molecule has 1 amide bonds. The Labute approximate surface area is 164 Å². The normalized spacial score (nSPS) is 14.7. The first-order chi connectivity index (χ1) is 13.6. The maximum Gasteiger partial charge on any atom is 0.260 e. The fraction of sp³-hybridized carbons (Fsp3) is 0.333. The van der Waals surface area contributed by atoms with Gasteiger partial charge in [0, 0.05) is 12.6 Å². The first kappa shape index (κ1) is 19.4. The summed E-state index contributed by atoms with van der Waals surface area (Å²) in [6.07, 6.45) is -0.247. The summed E-state index contributed by atoms with van der Waals surface area (Å²) in [5.74, 6) is 2.05. The van der Waals surface area contributed by atoms with Gasteiger partial charge in [-0.05, 0) is 31.2 Å². The van der Waals surface area contributed by atoms with Crippen LogP contribution < -0.4 is 18.9 Å². The van der Waals surface area contributed by atoms with Crippen LogP contribution in [0.1, 0.15) is 12.5 Å². The lowest BCUT2D eigenvalue weighted by Gasteiger charge is -2.30. The molecule has 1 heterocycles. The van der Waals surface area contributed by atoms with Crippen molar-refractivity contribution in [1.82, 2.24) is 4.90 Å². The van der Waals surface area contributed by atoms with Crippen LogP contribution in [0.4, 0.5) is 0 Å². The van der Waals surface area contributed by atoms with Gasteiger partial charge in [-0.15, -0.1) is 0 Å². The Balaban J connectivity index is 1.58. The van der Waals surface area contributed by atoms with E-state index in [1.54, 1.807) is 23.1 Å². The van der Waals surface area contributed by atoms with Crippen molar-refractivity contribution in [2.45, 2.75) is 13.0 Å². The van der Waals surface area contributed by atoms with Crippen LogP contribution in [0.3, 0.4) is 0 Å². The molecule has 7 heteroatoms. The van der Waals surface area contributed by atoms with Crippen molar-refractivity contribution >= 4 is 5.91 Å². The molecular weight excluding hydrogens is 360 g/mol. The number of ether oxygens (including phenoxy) is 4. The number of hydrogen-bond acceptors (Lipinski definition) is 6. The number of likely N-dealkylation sites (N-methyl/N-ethyl adjacent to an activating group) is 1. The summed E-state index contributed by atoms with van der Waals surface area (Å²) in [4.78, 5) is 14.3. The van der Waals surface area contributed by atoms with E-state index in [9.17, 15) is 4.79 Å². The number of fused-ring (bicyclic) bond motifs is 1. The molecule has 7 nitrogen and oxygen atoms in total. The van der Waals surface area contributed by atoms with Crippen molar-refractivity contribution in [3.8, 4) is 29.1 Å². The van der Waals surface area contributed by atoms with Crippen molar-refractivity contribution in [3.63, 3.8) is 0 Å². The maximum atomic E-state index is 12.6. The predicted molar refractivity (Wildman–Crippen MR) is 102 cm³/mol. The molecule has 2 aromatic rings. The van der Waals surface area contributed by atoms with Gasteiger partial charge in [0.1, 0.15) is 6.61 Å². The van der Waals surface area contributed by atoms with Crippen LogP contribution in [0.25, 0.3) is 0 Å². The van der Waals surface area contributed by atoms with Crippen LogP contribution in [-0.2, 0) is 4.79 Å². The number of nitriles is 1. The Hall–Kier alpha value is -3.40. The molecule has 0 saturated carbocycles. The minimum atomic E-state index is -0.247. The summed E-state index contributed by atoms with van der Waals surface area (Å²) in [7, 11) is 1.49. The lowest BCUT2D eigenvalue weighted by atomic mass is 10.2. The minimum absolute atomic E-state index is 0.139. The monoisotopic (exact) mass is 382 g/mol. The second-order valence-corrected chi connectivity index (χ2v) is 6.20. The van der Waals surface area contributed by atoms with Crippen LogP contribution in [0, 0.1) is 11.3 Å². The van der Waals surface area contributed by atoms with Crippen molar-refractivity contribution < 1.29 is 23.7 Å². The van der Waals surface area contributed by atoms with E-state index in [2.05, 4.69) is 0 Å². The fourth-order valence-corrected chi connectivity index (χ4v) is 2.89. The number of amides is 1. The van der Waals surface area contributed by atoms with Gasteiger partial charge < -0.3 is 23.8 Å². The molecule has 0 fully saturated rings. The molecule has 1 aliphatic rings. The number of para-hydroxylation sites is 2. The second-order valence-electron chi connectivity index (χ2n) is 6.20. The largest absolute Gasteiger partial charge is 0.493 e. The van der Waals surface area contributed by atoms with E-state index in [0.717, 1.165) is 0 Å². The maximum absolute atomic E-state index is 12.6. The summed E-state index contributed by atoms with van der Waals surface area (Å²) < 4.78 is 22.5. The highest BCUT2D eigenvalue weighted by atomic mass is 16.6. The average molecular weight is 382 g/mol. The molecule has 0 N–H and O–H groups in total. The average Bonchev–Trinajstić information content (AvgIpc) is 2.75. The van der Waals surface area contributed by atoms with Gasteiger partial charge in [-0.25, -0.2) is 0 Å². The Morgan fingerprint density at radius 1 is 1.25 bits per heavy atom. The first-order valence-corrected chi connectivity index (χ1v) is 9.01. The van der Waals surface area contributed by atoms with Crippen molar-refractivity contribution in [3.05, 3.63) is 48.0 Å². The van der Waals surface area contributed by atoms with E-state index in [1.807, 2.05) is 37.3 Å². The zero-order chi connectivity index (χ0) is 19.9. The number of hydrogen-bond donors (Lipinski definition) is 0. The van der Waals surface area contributed by atoms with Crippen LogP contribution >= 0.6 is 0 Å². The predicted octanol–water partition coefficient (Wildman–Crippen LogP) is 2.63. The second kappa shape index (κ2) is 9.00. The third-order valence-corrected chi connectivity index (χ3v) is 4.37. The van der Waals surface area contributed by atoms with E-state index < -0.39 is 0 Å². The van der Waals surface area contributed by atoms with Gasteiger partial charge in [0.2, 0.25) is 0 Å². The number of rotatable bonds is 7. The molecule has 28 heavy (non-hydrogen) atoms. The molecule has 1 aliphatic heterocycles. The summed E-state index contributed by atoms with van der Waals surface area (Å²) >= 11 is 0. The molecule has 0 aliphatic carbocycles. The molecule has 0 radical (unpaired) electrons. The van der Waals surface area contributed by atoms with Crippen molar-refractivity contribution in [2.75, 3.05) is 33.4 Å². The smallest absolute Gasteiger partial charge is 0.260 e. The summed E-state index contributed by atoms with van der Waals surface area (Å²) in [5.41, 5.74) is 0.459. The summed E-state index contributed by atoms with van der Waals surface area (Å²) in [5, 5.41) is 8.96. The van der Waals surface area contributed by atoms with Gasteiger partial charge in [-0.2, -0.15) is 5.26 Å². The first-order valence-electron chi connectivity index (χ1n) is 9.01. The molecular formula is C21H22N2O5. The zero-order valence-corrected chi connectivity index (χ0v) is 15.9. The highest BCUT2D eigenvalue weighted by molar-refractivity contribution is 5.78. The number of nitrogens with zero attached hydrogens (tertiary/aromatic N) is 2. The molecule has 146 valence electrons. The van der Waals surface area contributed by atoms with Gasteiger partial charge in [0.25, 0.3) is 5.91 Å². The molecule has 0 aromatic heterocycles. The van der Waals surface area contributed by atoms with E-state index >= 15 is 0 Å². The Bertz CT molecular complexity index is 877. The molecule has 3 rings (SSSR count). The summed E-state index contributed by atoms with van der Waals surface area (Å²) in [6, 6.07) is 14.3. The SMILES string of the molecule is CCN(C[C@@H]1COc2ccccc2O1)C(=O)COc1ccc(C#N)cc1OC. The third-order valence-electron chi connectivity index (χ3n) is 4.37. The van der Waals surface area contributed by atoms with E-state index in [1.165, 1.54) is 7.11 Å². The molecule has 0 unspecified atom stereocenters. The van der Waals surface area contributed by atoms with E-state index in [-0.39, 0.29) is 18.6 Å². The molecule has 2 aromatic carbocycles. The standard InChI is InChI=1S/C21H22N2O5/c1-3-23(12-16-13-26-17-6-4-5-7-19(17)28-16)21(24)14-27-18-9-8-15(11-22)10-20(18)25-2/h4-10,16H,3,12-14H2,1-2H3/t16-/m1/s1. The lowest BCUT2D eigenvalue weighted by molar-refractivity contribution is -0.134. The molecule has 0 spiro atoms. The van der Waals surface area contributed by atoms with Crippen molar-refractivity contribution in [1.29, 1.82) is 5.26 Å². The number of benzene rings is 2. The molecule has 1 atom stereocenters. The zero-order valence-electron chi connectivity index (χ0n) is 15.9. The van der Waals surface area contributed by atoms with Gasteiger partial charge in [-0.3, -0.25) is 4.79 Å².